The highest BCUT2D eigenvalue weighted by Gasteiger charge is 2.08. The van der Waals surface area contributed by atoms with Crippen LogP contribution in [-0.4, -0.2) is 15.9 Å². The number of amides is 1. The summed E-state index contributed by atoms with van der Waals surface area (Å²) in [6.07, 6.45) is 0. The SMILES string of the molecule is Cc1ccc(C(=O)Nc2ccc3[nH]c(=O)[nH]c3c2)cc1C. The van der Waals surface area contributed by atoms with Gasteiger partial charge in [0.05, 0.1) is 11.0 Å². The monoisotopic (exact) mass is 281 g/mol. The van der Waals surface area contributed by atoms with E-state index in [1.54, 1.807) is 24.3 Å². The maximum Gasteiger partial charge on any atom is 0.323 e. The third kappa shape index (κ3) is 2.58. The molecule has 0 bridgehead atoms. The van der Waals surface area contributed by atoms with Crippen LogP contribution in [0.1, 0.15) is 21.5 Å². The first-order valence-electron chi connectivity index (χ1n) is 6.63. The van der Waals surface area contributed by atoms with Gasteiger partial charge in [-0.15, -0.1) is 0 Å². The van der Waals surface area contributed by atoms with Crippen molar-refractivity contribution in [2.24, 2.45) is 0 Å². The second kappa shape index (κ2) is 4.94. The highest BCUT2D eigenvalue weighted by Crippen LogP contribution is 2.16. The summed E-state index contributed by atoms with van der Waals surface area (Å²) in [4.78, 5) is 28.8. The zero-order chi connectivity index (χ0) is 15.0. The van der Waals surface area contributed by atoms with Crippen molar-refractivity contribution in [3.63, 3.8) is 0 Å². The molecule has 0 aliphatic heterocycles. The van der Waals surface area contributed by atoms with Crippen molar-refractivity contribution in [2.75, 3.05) is 5.32 Å². The molecule has 0 saturated heterocycles. The summed E-state index contributed by atoms with van der Waals surface area (Å²) in [5, 5.41) is 2.83. The molecule has 5 heteroatoms. The maximum absolute atomic E-state index is 12.2. The van der Waals surface area contributed by atoms with E-state index >= 15 is 0 Å². The van der Waals surface area contributed by atoms with Crippen LogP contribution in [0.25, 0.3) is 11.0 Å². The number of aromatic amines is 2. The van der Waals surface area contributed by atoms with E-state index in [0.717, 1.165) is 11.1 Å². The maximum atomic E-state index is 12.2. The fourth-order valence-corrected chi connectivity index (χ4v) is 2.20. The molecule has 0 saturated carbocycles. The fraction of sp³-hybridized carbons (Fsp3) is 0.125. The minimum Gasteiger partial charge on any atom is -0.322 e. The van der Waals surface area contributed by atoms with Crippen molar-refractivity contribution in [2.45, 2.75) is 13.8 Å². The van der Waals surface area contributed by atoms with Gasteiger partial charge in [0.25, 0.3) is 5.91 Å². The topological polar surface area (TPSA) is 77.8 Å². The molecule has 1 amide bonds. The standard InChI is InChI=1S/C16H15N3O2/c1-9-3-4-11(7-10(9)2)15(20)17-12-5-6-13-14(8-12)19-16(21)18-13/h3-8H,1-2H3,(H,17,20)(H2,18,19,21). The van der Waals surface area contributed by atoms with Crippen LogP contribution in [0.2, 0.25) is 0 Å². The molecule has 3 N–H and O–H groups in total. The second-order valence-corrected chi connectivity index (χ2v) is 5.09. The van der Waals surface area contributed by atoms with Gasteiger partial charge in [-0.3, -0.25) is 4.79 Å². The van der Waals surface area contributed by atoms with Crippen LogP contribution < -0.4 is 11.0 Å². The molecule has 3 rings (SSSR count). The van der Waals surface area contributed by atoms with E-state index in [4.69, 9.17) is 0 Å². The van der Waals surface area contributed by atoms with E-state index in [9.17, 15) is 9.59 Å². The Bertz CT molecular complexity index is 890. The average Bonchev–Trinajstić information content (AvgIpc) is 2.81. The molecule has 0 fully saturated rings. The molecule has 1 aromatic heterocycles. The third-order valence-corrected chi connectivity index (χ3v) is 3.54. The molecule has 0 radical (unpaired) electrons. The minimum atomic E-state index is -0.261. The number of imidazole rings is 1. The summed E-state index contributed by atoms with van der Waals surface area (Å²) >= 11 is 0. The summed E-state index contributed by atoms with van der Waals surface area (Å²) in [5.41, 5.74) is 4.59. The van der Waals surface area contributed by atoms with E-state index in [2.05, 4.69) is 15.3 Å². The number of aryl methyl sites for hydroxylation is 2. The highest BCUT2D eigenvalue weighted by molar-refractivity contribution is 6.05. The van der Waals surface area contributed by atoms with Gasteiger partial charge in [0.15, 0.2) is 0 Å². The minimum absolute atomic E-state index is 0.171. The van der Waals surface area contributed by atoms with Gasteiger partial charge in [-0.1, -0.05) is 6.07 Å². The van der Waals surface area contributed by atoms with E-state index in [1.807, 2.05) is 26.0 Å². The van der Waals surface area contributed by atoms with Gasteiger partial charge in [-0.05, 0) is 55.3 Å². The molecule has 0 aliphatic carbocycles. The van der Waals surface area contributed by atoms with Gasteiger partial charge in [0, 0.05) is 11.3 Å². The molecule has 2 aromatic carbocycles. The third-order valence-electron chi connectivity index (χ3n) is 3.54. The lowest BCUT2D eigenvalue weighted by molar-refractivity contribution is 0.102. The van der Waals surface area contributed by atoms with Crippen molar-refractivity contribution < 1.29 is 4.79 Å². The quantitative estimate of drug-likeness (QED) is 0.675. The van der Waals surface area contributed by atoms with Crippen LogP contribution in [0.4, 0.5) is 5.69 Å². The van der Waals surface area contributed by atoms with Crippen molar-refractivity contribution in [1.82, 2.24) is 9.97 Å². The molecular weight excluding hydrogens is 266 g/mol. The summed E-state index contributed by atoms with van der Waals surface area (Å²) in [7, 11) is 0. The predicted octanol–water partition coefficient (Wildman–Crippen LogP) is 2.73. The van der Waals surface area contributed by atoms with E-state index in [1.165, 1.54) is 0 Å². The Morgan fingerprint density at radius 3 is 2.48 bits per heavy atom. The number of hydrogen-bond donors (Lipinski definition) is 3. The lowest BCUT2D eigenvalue weighted by Crippen LogP contribution is -2.12. The number of fused-ring (bicyclic) bond motifs is 1. The van der Waals surface area contributed by atoms with E-state index in [0.29, 0.717) is 22.3 Å². The summed E-state index contributed by atoms with van der Waals surface area (Å²) in [5.74, 6) is -0.171. The number of anilines is 1. The van der Waals surface area contributed by atoms with Crippen molar-refractivity contribution in [1.29, 1.82) is 0 Å². The zero-order valence-corrected chi connectivity index (χ0v) is 11.8. The van der Waals surface area contributed by atoms with Gasteiger partial charge >= 0.3 is 5.69 Å². The Labute approximate surface area is 121 Å². The second-order valence-electron chi connectivity index (χ2n) is 5.09. The van der Waals surface area contributed by atoms with Gasteiger partial charge in [-0.25, -0.2) is 4.79 Å². The van der Waals surface area contributed by atoms with Crippen LogP contribution >= 0.6 is 0 Å². The average molecular weight is 281 g/mol. The molecule has 106 valence electrons. The van der Waals surface area contributed by atoms with Crippen molar-refractivity contribution in [3.05, 3.63) is 63.6 Å². The molecule has 3 aromatic rings. The molecule has 0 spiro atoms. The van der Waals surface area contributed by atoms with Gasteiger partial charge in [0.1, 0.15) is 0 Å². The Morgan fingerprint density at radius 1 is 0.952 bits per heavy atom. The lowest BCUT2D eigenvalue weighted by atomic mass is 10.1. The van der Waals surface area contributed by atoms with Gasteiger partial charge < -0.3 is 15.3 Å². The van der Waals surface area contributed by atoms with Gasteiger partial charge in [-0.2, -0.15) is 0 Å². The van der Waals surface area contributed by atoms with Gasteiger partial charge in [0.2, 0.25) is 0 Å². The Morgan fingerprint density at radius 2 is 1.71 bits per heavy atom. The molecule has 0 aliphatic rings. The number of benzene rings is 2. The van der Waals surface area contributed by atoms with E-state index < -0.39 is 0 Å². The number of H-pyrrole nitrogens is 2. The normalized spacial score (nSPS) is 10.8. The summed E-state index contributed by atoms with van der Waals surface area (Å²) in [6.45, 7) is 3.98. The van der Waals surface area contributed by atoms with Crippen molar-refractivity contribution >= 4 is 22.6 Å². The highest BCUT2D eigenvalue weighted by atomic mass is 16.2. The summed E-state index contributed by atoms with van der Waals surface area (Å²) in [6, 6.07) is 10.8. The first-order chi connectivity index (χ1) is 10.0. The number of hydrogen-bond acceptors (Lipinski definition) is 2. The Balaban J connectivity index is 1.88. The molecule has 0 unspecified atom stereocenters. The number of aromatic nitrogens is 2. The molecule has 21 heavy (non-hydrogen) atoms. The van der Waals surface area contributed by atoms with Crippen molar-refractivity contribution in [3.8, 4) is 0 Å². The predicted molar refractivity (Wildman–Crippen MR) is 82.8 cm³/mol. The molecule has 1 heterocycles. The number of rotatable bonds is 2. The molecule has 0 atom stereocenters. The number of nitrogens with one attached hydrogen (secondary N) is 3. The smallest absolute Gasteiger partial charge is 0.322 e. The molecule has 5 nitrogen and oxygen atoms in total. The van der Waals surface area contributed by atoms with E-state index in [-0.39, 0.29) is 11.6 Å². The molecular formula is C16H15N3O2. The summed E-state index contributed by atoms with van der Waals surface area (Å²) < 4.78 is 0. The van der Waals surface area contributed by atoms with Crippen LogP contribution in [0, 0.1) is 13.8 Å². The first kappa shape index (κ1) is 13.2. The number of carbonyl (C=O) groups is 1. The Kier molecular flexibility index (Phi) is 3.10. The first-order valence-corrected chi connectivity index (χ1v) is 6.63. The van der Waals surface area contributed by atoms with Crippen LogP contribution in [0.15, 0.2) is 41.2 Å². The fourth-order valence-electron chi connectivity index (χ4n) is 2.20. The Hall–Kier alpha value is -2.82. The van der Waals surface area contributed by atoms with Crippen LogP contribution in [0.5, 0.6) is 0 Å². The largest absolute Gasteiger partial charge is 0.323 e. The van der Waals surface area contributed by atoms with Crippen LogP contribution in [0.3, 0.4) is 0 Å². The number of carbonyl (C=O) groups excluding carboxylic acids is 1. The van der Waals surface area contributed by atoms with Crippen LogP contribution in [-0.2, 0) is 0 Å². The lowest BCUT2D eigenvalue weighted by Gasteiger charge is -2.07. The zero-order valence-electron chi connectivity index (χ0n) is 11.8.